The van der Waals surface area contributed by atoms with Crippen LogP contribution in [0.1, 0.15) is 46.1 Å². The Hall–Kier alpha value is -2.60. The third-order valence-electron chi connectivity index (χ3n) is 3.01. The molecular formula is C17H18ClN3O3. The summed E-state index contributed by atoms with van der Waals surface area (Å²) in [5.74, 6) is 0.366. The molecule has 2 N–H and O–H groups in total. The predicted molar refractivity (Wildman–Crippen MR) is 92.6 cm³/mol. The van der Waals surface area contributed by atoms with Gasteiger partial charge in [-0.3, -0.25) is 9.59 Å². The molecule has 0 aliphatic heterocycles. The van der Waals surface area contributed by atoms with Crippen molar-refractivity contribution in [1.29, 1.82) is 0 Å². The van der Waals surface area contributed by atoms with Crippen molar-refractivity contribution < 1.29 is 14.0 Å². The zero-order valence-corrected chi connectivity index (χ0v) is 14.3. The quantitative estimate of drug-likeness (QED) is 0.643. The van der Waals surface area contributed by atoms with Gasteiger partial charge in [0.05, 0.1) is 17.3 Å². The molecule has 2 rings (SSSR count). The van der Waals surface area contributed by atoms with Crippen molar-refractivity contribution >= 4 is 29.6 Å². The second-order valence-electron chi connectivity index (χ2n) is 5.47. The second kappa shape index (κ2) is 7.79. The first-order valence-electron chi connectivity index (χ1n) is 7.37. The number of carbonyl (C=O) groups excluding carboxylic acids is 2. The molecule has 0 atom stereocenters. The summed E-state index contributed by atoms with van der Waals surface area (Å²) in [5, 5.41) is 6.93. The molecule has 126 valence electrons. The summed E-state index contributed by atoms with van der Waals surface area (Å²) in [7, 11) is 0. The van der Waals surface area contributed by atoms with E-state index in [9.17, 15) is 9.59 Å². The Bertz CT molecular complexity index is 781. The van der Waals surface area contributed by atoms with Crippen LogP contribution in [0.3, 0.4) is 0 Å². The monoisotopic (exact) mass is 347 g/mol. The number of aryl methyl sites for hydroxylation is 1. The minimum Gasteiger partial charge on any atom is -0.460 e. The molecule has 6 nitrogen and oxygen atoms in total. The maximum Gasteiger partial charge on any atom is 0.272 e. The van der Waals surface area contributed by atoms with E-state index in [1.54, 1.807) is 18.2 Å². The summed E-state index contributed by atoms with van der Waals surface area (Å²) in [4.78, 5) is 24.5. The summed E-state index contributed by atoms with van der Waals surface area (Å²) in [6.45, 7) is 5.48. The van der Waals surface area contributed by atoms with E-state index >= 15 is 0 Å². The number of hydrogen-bond donors (Lipinski definition) is 2. The molecule has 1 heterocycles. The van der Waals surface area contributed by atoms with Crippen molar-refractivity contribution in [2.45, 2.75) is 26.8 Å². The Kier molecular flexibility index (Phi) is 5.76. The Morgan fingerprint density at radius 2 is 1.92 bits per heavy atom. The summed E-state index contributed by atoms with van der Waals surface area (Å²) in [6, 6.07) is 7.96. The van der Waals surface area contributed by atoms with E-state index in [-0.39, 0.29) is 23.1 Å². The summed E-state index contributed by atoms with van der Waals surface area (Å²) >= 11 is 5.94. The van der Waals surface area contributed by atoms with Crippen LogP contribution in [0.15, 0.2) is 39.9 Å². The van der Waals surface area contributed by atoms with E-state index in [0.717, 1.165) is 5.76 Å². The summed E-state index contributed by atoms with van der Waals surface area (Å²) < 4.78 is 5.31. The number of carbonyl (C=O) groups is 2. The number of hydrazone groups is 1. The molecule has 1 aromatic carbocycles. The molecule has 0 saturated heterocycles. The molecule has 0 aliphatic carbocycles. The number of halogens is 1. The Balaban J connectivity index is 2.17. The van der Waals surface area contributed by atoms with Crippen LogP contribution >= 0.6 is 11.6 Å². The zero-order chi connectivity index (χ0) is 17.7. The van der Waals surface area contributed by atoms with E-state index in [0.29, 0.717) is 10.8 Å². The van der Waals surface area contributed by atoms with Gasteiger partial charge in [0.2, 0.25) is 0 Å². The fourth-order valence-corrected chi connectivity index (χ4v) is 2.15. The van der Waals surface area contributed by atoms with Crippen LogP contribution in [0, 0.1) is 6.92 Å². The lowest BCUT2D eigenvalue weighted by Gasteiger charge is -2.11. The van der Waals surface area contributed by atoms with Crippen LogP contribution in [-0.2, 0) is 0 Å². The minimum absolute atomic E-state index is 0.0516. The molecule has 0 spiro atoms. The van der Waals surface area contributed by atoms with E-state index in [1.165, 1.54) is 18.3 Å². The number of rotatable bonds is 5. The minimum atomic E-state index is -0.536. The number of amides is 2. The normalized spacial score (nSPS) is 11.0. The van der Waals surface area contributed by atoms with E-state index in [2.05, 4.69) is 15.8 Å². The predicted octanol–water partition coefficient (Wildman–Crippen LogP) is 3.14. The third-order valence-corrected chi connectivity index (χ3v) is 3.24. The topological polar surface area (TPSA) is 83.7 Å². The number of benzene rings is 1. The summed E-state index contributed by atoms with van der Waals surface area (Å²) in [6.07, 6.45) is 1.38. The van der Waals surface area contributed by atoms with Gasteiger partial charge in [-0.25, -0.2) is 5.43 Å². The van der Waals surface area contributed by atoms with Gasteiger partial charge < -0.3 is 9.73 Å². The fraction of sp³-hybridized carbons (Fsp3) is 0.235. The van der Waals surface area contributed by atoms with Crippen molar-refractivity contribution in [1.82, 2.24) is 10.7 Å². The molecule has 7 heteroatoms. The van der Waals surface area contributed by atoms with Crippen LogP contribution < -0.4 is 10.7 Å². The summed E-state index contributed by atoms with van der Waals surface area (Å²) in [5.41, 5.74) is 2.74. The standard InChI is InChI=1S/C17H18ClN3O3/c1-10(2)20-16(22)14-7-5-12(18)8-15(14)17(23)21-19-9-13-6-4-11(3)24-13/h4-10H,1-3H3,(H,20,22)(H,21,23)/b19-9+. The number of furan rings is 1. The molecule has 0 unspecified atom stereocenters. The lowest BCUT2D eigenvalue weighted by atomic mass is 10.1. The van der Waals surface area contributed by atoms with E-state index < -0.39 is 5.91 Å². The number of nitrogens with zero attached hydrogens (tertiary/aromatic N) is 1. The van der Waals surface area contributed by atoms with Crippen molar-refractivity contribution in [2.75, 3.05) is 0 Å². The van der Waals surface area contributed by atoms with Gasteiger partial charge >= 0.3 is 0 Å². The highest BCUT2D eigenvalue weighted by Gasteiger charge is 2.18. The van der Waals surface area contributed by atoms with Gasteiger partial charge in [-0.05, 0) is 51.1 Å². The molecule has 0 saturated carbocycles. The van der Waals surface area contributed by atoms with Crippen molar-refractivity contribution in [3.63, 3.8) is 0 Å². The zero-order valence-electron chi connectivity index (χ0n) is 13.6. The average molecular weight is 348 g/mol. The molecule has 2 aromatic rings. The van der Waals surface area contributed by atoms with Gasteiger partial charge in [0, 0.05) is 11.1 Å². The van der Waals surface area contributed by atoms with Crippen LogP contribution in [-0.4, -0.2) is 24.1 Å². The molecule has 0 fully saturated rings. The third kappa shape index (κ3) is 4.70. The maximum atomic E-state index is 12.3. The van der Waals surface area contributed by atoms with Crippen LogP contribution in [0.5, 0.6) is 0 Å². The first-order chi connectivity index (χ1) is 11.4. The van der Waals surface area contributed by atoms with E-state index in [1.807, 2.05) is 20.8 Å². The highest BCUT2D eigenvalue weighted by atomic mass is 35.5. The largest absolute Gasteiger partial charge is 0.460 e. The fourth-order valence-electron chi connectivity index (χ4n) is 1.98. The average Bonchev–Trinajstić information content (AvgIpc) is 2.91. The van der Waals surface area contributed by atoms with Gasteiger partial charge in [-0.15, -0.1) is 0 Å². The first kappa shape index (κ1) is 17.7. The number of hydrogen-bond acceptors (Lipinski definition) is 4. The first-order valence-corrected chi connectivity index (χ1v) is 7.75. The Morgan fingerprint density at radius 3 is 2.54 bits per heavy atom. The molecule has 0 aliphatic rings. The lowest BCUT2D eigenvalue weighted by molar-refractivity contribution is 0.0914. The van der Waals surface area contributed by atoms with Gasteiger partial charge in [-0.2, -0.15) is 5.10 Å². The molecule has 2 amide bonds. The molecule has 0 bridgehead atoms. The molecule has 1 aromatic heterocycles. The lowest BCUT2D eigenvalue weighted by Crippen LogP contribution is -2.32. The van der Waals surface area contributed by atoms with Crippen LogP contribution in [0.2, 0.25) is 5.02 Å². The smallest absolute Gasteiger partial charge is 0.272 e. The van der Waals surface area contributed by atoms with Crippen LogP contribution in [0.4, 0.5) is 0 Å². The van der Waals surface area contributed by atoms with Gasteiger partial charge in [0.25, 0.3) is 11.8 Å². The van der Waals surface area contributed by atoms with Gasteiger partial charge in [0.1, 0.15) is 11.5 Å². The highest BCUT2D eigenvalue weighted by Crippen LogP contribution is 2.16. The van der Waals surface area contributed by atoms with E-state index in [4.69, 9.17) is 16.0 Å². The Morgan fingerprint density at radius 1 is 1.17 bits per heavy atom. The van der Waals surface area contributed by atoms with Crippen molar-refractivity contribution in [3.05, 3.63) is 58.0 Å². The number of nitrogens with one attached hydrogen (secondary N) is 2. The maximum absolute atomic E-state index is 12.3. The molecule has 24 heavy (non-hydrogen) atoms. The van der Waals surface area contributed by atoms with Crippen molar-refractivity contribution in [2.24, 2.45) is 5.10 Å². The van der Waals surface area contributed by atoms with Crippen LogP contribution in [0.25, 0.3) is 0 Å². The SMILES string of the molecule is Cc1ccc(/C=N/NC(=O)c2cc(Cl)ccc2C(=O)NC(C)C)o1. The molecule has 0 radical (unpaired) electrons. The van der Waals surface area contributed by atoms with Gasteiger partial charge in [0.15, 0.2) is 0 Å². The molecular weight excluding hydrogens is 330 g/mol. The Labute approximate surface area is 144 Å². The second-order valence-corrected chi connectivity index (χ2v) is 5.90. The van der Waals surface area contributed by atoms with Gasteiger partial charge in [-0.1, -0.05) is 11.6 Å². The highest BCUT2D eigenvalue weighted by molar-refractivity contribution is 6.31. The van der Waals surface area contributed by atoms with Crippen molar-refractivity contribution in [3.8, 4) is 0 Å².